The molecule has 23 heavy (non-hydrogen) atoms. The van der Waals surface area contributed by atoms with Gasteiger partial charge in [-0.15, -0.1) is 0 Å². The number of pyridine rings is 1. The Morgan fingerprint density at radius 3 is 2.48 bits per heavy atom. The smallest absolute Gasteiger partial charge is 0.257 e. The molecule has 0 bridgehead atoms. The van der Waals surface area contributed by atoms with E-state index >= 15 is 0 Å². The number of carbonyl (C=O) groups excluding carboxylic acids is 1. The highest BCUT2D eigenvalue weighted by atomic mass is 16.5. The van der Waals surface area contributed by atoms with Gasteiger partial charge in [0, 0.05) is 38.4 Å². The first-order valence-corrected chi connectivity index (χ1v) is 7.55. The maximum absolute atomic E-state index is 12.6. The molecule has 0 spiro atoms. The van der Waals surface area contributed by atoms with E-state index in [0.29, 0.717) is 24.4 Å². The predicted octanol–water partition coefficient (Wildman–Crippen LogP) is 1.35. The molecule has 0 aliphatic carbocycles. The highest BCUT2D eigenvalue weighted by Gasteiger charge is 2.24. The Bertz CT molecular complexity index is 728. The van der Waals surface area contributed by atoms with Crippen LogP contribution in [0.25, 0.3) is 0 Å². The predicted molar refractivity (Wildman–Crippen MR) is 88.2 cm³/mol. The number of hydrogen-bond donors (Lipinski definition) is 1. The van der Waals surface area contributed by atoms with Crippen molar-refractivity contribution in [3.63, 3.8) is 0 Å². The molecule has 1 aromatic carbocycles. The van der Waals surface area contributed by atoms with E-state index in [2.05, 4.69) is 9.88 Å². The van der Waals surface area contributed by atoms with Crippen LogP contribution in [0.1, 0.15) is 10.4 Å². The molecule has 1 fully saturated rings. The van der Waals surface area contributed by atoms with Crippen molar-refractivity contribution in [2.45, 2.75) is 0 Å². The van der Waals surface area contributed by atoms with E-state index in [4.69, 9.17) is 4.74 Å². The first-order valence-electron chi connectivity index (χ1n) is 7.55. The third-order valence-corrected chi connectivity index (χ3v) is 4.04. The standard InChI is InChI=1S/C17H19N3O3/c1-23-15-5-3-2-4-14(15)17(22)20-10-8-19(9-11-20)13-6-7-16(21)18-12-13/h2-7,12H,8-11H2,1H3,(H,18,21). The van der Waals surface area contributed by atoms with E-state index in [1.807, 2.05) is 17.0 Å². The Morgan fingerprint density at radius 2 is 1.83 bits per heavy atom. The van der Waals surface area contributed by atoms with Gasteiger partial charge < -0.3 is 19.5 Å². The minimum absolute atomic E-state index is 0.0106. The summed E-state index contributed by atoms with van der Waals surface area (Å²) in [5, 5.41) is 0. The van der Waals surface area contributed by atoms with Crippen LogP contribution in [0.5, 0.6) is 5.75 Å². The summed E-state index contributed by atoms with van der Waals surface area (Å²) in [5.74, 6) is 0.587. The fourth-order valence-corrected chi connectivity index (χ4v) is 2.76. The van der Waals surface area contributed by atoms with Crippen LogP contribution in [0.3, 0.4) is 0 Å². The lowest BCUT2D eigenvalue weighted by Gasteiger charge is -2.36. The zero-order valence-corrected chi connectivity index (χ0v) is 13.0. The summed E-state index contributed by atoms with van der Waals surface area (Å²) in [6.45, 7) is 2.73. The van der Waals surface area contributed by atoms with Crippen LogP contribution in [0.2, 0.25) is 0 Å². The Balaban J connectivity index is 1.67. The number of methoxy groups -OCH3 is 1. The molecule has 0 saturated carbocycles. The highest BCUT2D eigenvalue weighted by Crippen LogP contribution is 2.21. The molecule has 2 heterocycles. The quantitative estimate of drug-likeness (QED) is 0.929. The minimum Gasteiger partial charge on any atom is -0.496 e. The van der Waals surface area contributed by atoms with E-state index in [9.17, 15) is 9.59 Å². The van der Waals surface area contributed by atoms with Gasteiger partial charge in [-0.25, -0.2) is 0 Å². The number of nitrogens with one attached hydrogen (secondary N) is 1. The lowest BCUT2D eigenvalue weighted by atomic mass is 10.1. The lowest BCUT2D eigenvalue weighted by molar-refractivity contribution is 0.0743. The van der Waals surface area contributed by atoms with Crippen LogP contribution < -0.4 is 15.2 Å². The number of H-pyrrole nitrogens is 1. The van der Waals surface area contributed by atoms with Gasteiger partial charge in [0.25, 0.3) is 5.91 Å². The Hall–Kier alpha value is -2.76. The topological polar surface area (TPSA) is 65.6 Å². The summed E-state index contributed by atoms with van der Waals surface area (Å²) in [6, 6.07) is 10.6. The molecule has 0 radical (unpaired) electrons. The first kappa shape index (κ1) is 15.1. The first-order chi connectivity index (χ1) is 11.2. The molecular weight excluding hydrogens is 294 g/mol. The van der Waals surface area contributed by atoms with Gasteiger partial charge in [0.05, 0.1) is 18.4 Å². The lowest BCUT2D eigenvalue weighted by Crippen LogP contribution is -2.49. The van der Waals surface area contributed by atoms with Gasteiger partial charge in [-0.05, 0) is 18.2 Å². The number of amides is 1. The second-order valence-corrected chi connectivity index (χ2v) is 5.39. The van der Waals surface area contributed by atoms with Gasteiger partial charge in [0.15, 0.2) is 0 Å². The van der Waals surface area contributed by atoms with Crippen molar-refractivity contribution in [2.75, 3.05) is 38.2 Å². The second kappa shape index (κ2) is 6.56. The molecule has 0 unspecified atom stereocenters. The number of aromatic amines is 1. The molecule has 1 amide bonds. The van der Waals surface area contributed by atoms with Crippen molar-refractivity contribution in [1.29, 1.82) is 0 Å². The second-order valence-electron chi connectivity index (χ2n) is 5.39. The monoisotopic (exact) mass is 313 g/mol. The summed E-state index contributed by atoms with van der Waals surface area (Å²) >= 11 is 0. The van der Waals surface area contributed by atoms with Crippen LogP contribution >= 0.6 is 0 Å². The number of aromatic nitrogens is 1. The maximum atomic E-state index is 12.6. The van der Waals surface area contributed by atoms with Crippen molar-refractivity contribution < 1.29 is 9.53 Å². The molecule has 6 heteroatoms. The zero-order valence-electron chi connectivity index (χ0n) is 13.0. The average molecular weight is 313 g/mol. The fourth-order valence-electron chi connectivity index (χ4n) is 2.76. The summed E-state index contributed by atoms with van der Waals surface area (Å²) in [7, 11) is 1.57. The number of rotatable bonds is 3. The van der Waals surface area contributed by atoms with E-state index in [-0.39, 0.29) is 11.5 Å². The number of hydrogen-bond acceptors (Lipinski definition) is 4. The Kier molecular flexibility index (Phi) is 4.32. The molecule has 3 rings (SSSR count). The SMILES string of the molecule is COc1ccccc1C(=O)N1CCN(c2ccc(=O)[nH]c2)CC1. The van der Waals surface area contributed by atoms with Gasteiger partial charge >= 0.3 is 0 Å². The van der Waals surface area contributed by atoms with Gasteiger partial charge in [-0.3, -0.25) is 9.59 Å². The third kappa shape index (κ3) is 3.21. The number of anilines is 1. The van der Waals surface area contributed by atoms with Crippen LogP contribution in [0, 0.1) is 0 Å². The van der Waals surface area contributed by atoms with Gasteiger partial charge in [-0.2, -0.15) is 0 Å². The molecular formula is C17H19N3O3. The van der Waals surface area contributed by atoms with Crippen molar-refractivity contribution >= 4 is 11.6 Å². The van der Waals surface area contributed by atoms with Crippen LogP contribution in [0.15, 0.2) is 47.4 Å². The van der Waals surface area contributed by atoms with Crippen molar-refractivity contribution in [3.8, 4) is 5.75 Å². The third-order valence-electron chi connectivity index (χ3n) is 4.04. The normalized spacial score (nSPS) is 14.7. The van der Waals surface area contributed by atoms with Crippen LogP contribution in [0.4, 0.5) is 5.69 Å². The summed E-state index contributed by atoms with van der Waals surface area (Å²) in [6.07, 6.45) is 1.71. The van der Waals surface area contributed by atoms with E-state index in [0.717, 1.165) is 18.8 Å². The Labute approximate surface area is 134 Å². The summed E-state index contributed by atoms with van der Waals surface area (Å²) in [5.41, 5.74) is 1.44. The highest BCUT2D eigenvalue weighted by molar-refractivity contribution is 5.97. The van der Waals surface area contributed by atoms with E-state index in [1.54, 1.807) is 31.5 Å². The van der Waals surface area contributed by atoms with Crippen molar-refractivity contribution in [3.05, 3.63) is 58.5 Å². The van der Waals surface area contributed by atoms with Gasteiger partial charge in [0.1, 0.15) is 5.75 Å². The van der Waals surface area contributed by atoms with Crippen LogP contribution in [-0.4, -0.2) is 49.1 Å². The molecule has 1 aliphatic rings. The molecule has 6 nitrogen and oxygen atoms in total. The van der Waals surface area contributed by atoms with Crippen molar-refractivity contribution in [2.24, 2.45) is 0 Å². The fraction of sp³-hybridized carbons (Fsp3) is 0.294. The molecule has 1 aliphatic heterocycles. The number of para-hydroxylation sites is 1. The number of ether oxygens (including phenoxy) is 1. The zero-order chi connectivity index (χ0) is 16.2. The van der Waals surface area contributed by atoms with E-state index in [1.165, 1.54) is 6.07 Å². The average Bonchev–Trinajstić information content (AvgIpc) is 2.62. The van der Waals surface area contributed by atoms with Gasteiger partial charge in [-0.1, -0.05) is 12.1 Å². The molecule has 0 atom stereocenters. The van der Waals surface area contributed by atoms with Crippen molar-refractivity contribution in [1.82, 2.24) is 9.88 Å². The number of nitrogens with zero attached hydrogens (tertiary/aromatic N) is 2. The number of carbonyl (C=O) groups is 1. The minimum atomic E-state index is -0.112. The summed E-state index contributed by atoms with van der Waals surface area (Å²) in [4.78, 5) is 30.4. The summed E-state index contributed by atoms with van der Waals surface area (Å²) < 4.78 is 5.27. The van der Waals surface area contributed by atoms with Gasteiger partial charge in [0.2, 0.25) is 5.56 Å². The van der Waals surface area contributed by atoms with Crippen LogP contribution in [-0.2, 0) is 0 Å². The number of benzene rings is 1. The molecule has 1 saturated heterocycles. The number of piperazine rings is 1. The molecule has 2 aromatic rings. The largest absolute Gasteiger partial charge is 0.496 e. The Morgan fingerprint density at radius 1 is 1.09 bits per heavy atom. The molecule has 1 N–H and O–H groups in total. The molecule has 120 valence electrons. The maximum Gasteiger partial charge on any atom is 0.257 e. The molecule has 1 aromatic heterocycles. The van der Waals surface area contributed by atoms with E-state index < -0.39 is 0 Å².